The van der Waals surface area contributed by atoms with Crippen molar-refractivity contribution >= 4 is 49.9 Å². The van der Waals surface area contributed by atoms with Crippen molar-refractivity contribution in [3.8, 4) is 0 Å². The Balaban J connectivity index is 2.31. The molecule has 9 heteroatoms. The largest absolute Gasteiger partial charge is 0.370 e. The maximum atomic E-state index is 12.4. The first-order valence-corrected chi connectivity index (χ1v) is 8.99. The number of nitrogens with zero attached hydrogens (tertiary/aromatic N) is 1. The number of benzene rings is 1. The van der Waals surface area contributed by atoms with E-state index < -0.39 is 22.0 Å². The summed E-state index contributed by atoms with van der Waals surface area (Å²) in [4.78, 5) is 14.7. The van der Waals surface area contributed by atoms with Crippen LogP contribution in [0.25, 0.3) is 10.8 Å². The molecule has 0 fully saturated rings. The van der Waals surface area contributed by atoms with Crippen molar-refractivity contribution in [3.63, 3.8) is 0 Å². The highest BCUT2D eigenvalue weighted by atomic mass is 35.5. The van der Waals surface area contributed by atoms with E-state index in [1.165, 1.54) is 18.3 Å². The van der Waals surface area contributed by atoms with Gasteiger partial charge in [-0.15, -0.1) is 0 Å². The van der Waals surface area contributed by atoms with E-state index in [-0.39, 0.29) is 16.5 Å². The van der Waals surface area contributed by atoms with Gasteiger partial charge < -0.3 is 5.73 Å². The Bertz CT molecular complexity index is 856. The van der Waals surface area contributed by atoms with Crippen LogP contribution in [0.1, 0.15) is 19.8 Å². The monoisotopic (exact) mass is 375 g/mol. The predicted molar refractivity (Wildman–Crippen MR) is 90.0 cm³/mol. The van der Waals surface area contributed by atoms with Crippen molar-refractivity contribution in [3.05, 3.63) is 34.6 Å². The van der Waals surface area contributed by atoms with Gasteiger partial charge in [-0.2, -0.15) is 0 Å². The van der Waals surface area contributed by atoms with E-state index in [4.69, 9.17) is 28.9 Å². The molecular formula is C14H15Cl2N3O3S. The number of aromatic nitrogens is 1. The van der Waals surface area contributed by atoms with E-state index in [0.29, 0.717) is 22.2 Å². The summed E-state index contributed by atoms with van der Waals surface area (Å²) < 4.78 is 27.3. The van der Waals surface area contributed by atoms with E-state index in [2.05, 4.69) is 9.71 Å². The predicted octanol–water partition coefficient (Wildman–Crippen LogP) is 2.47. The van der Waals surface area contributed by atoms with Crippen molar-refractivity contribution in [1.29, 1.82) is 0 Å². The summed E-state index contributed by atoms with van der Waals surface area (Å²) >= 11 is 12.0. The fourth-order valence-corrected chi connectivity index (χ4v) is 3.80. The molecule has 0 radical (unpaired) electrons. The Kier molecular flexibility index (Phi) is 5.46. The SMILES string of the molecule is C[C@H](CCC(N)=O)NS(=O)(=O)c1ccc2c(Cl)cnc(Cl)c2c1. The number of nitrogens with one attached hydrogen (secondary N) is 1. The van der Waals surface area contributed by atoms with Crippen LogP contribution in [-0.4, -0.2) is 25.4 Å². The molecule has 0 aliphatic heterocycles. The average molecular weight is 376 g/mol. The highest BCUT2D eigenvalue weighted by molar-refractivity contribution is 7.89. The number of primary amides is 1. The minimum Gasteiger partial charge on any atom is -0.370 e. The van der Waals surface area contributed by atoms with Crippen molar-refractivity contribution in [1.82, 2.24) is 9.71 Å². The standard InChI is InChI=1S/C14H15Cl2N3O3S/c1-8(2-5-13(17)20)19-23(21,22)9-3-4-10-11(6-9)14(16)18-7-12(10)15/h3-4,6-8,19H,2,5H2,1H3,(H2,17,20)/t8-/m1/s1. The van der Waals surface area contributed by atoms with Gasteiger partial charge in [0.1, 0.15) is 5.15 Å². The fraction of sp³-hybridized carbons (Fsp3) is 0.286. The molecule has 0 spiro atoms. The van der Waals surface area contributed by atoms with Crippen molar-refractivity contribution < 1.29 is 13.2 Å². The lowest BCUT2D eigenvalue weighted by molar-refractivity contribution is -0.118. The quantitative estimate of drug-likeness (QED) is 0.756. The molecule has 0 aliphatic carbocycles. The van der Waals surface area contributed by atoms with Crippen LogP contribution in [0.4, 0.5) is 0 Å². The number of amides is 1. The number of sulfonamides is 1. The smallest absolute Gasteiger partial charge is 0.240 e. The summed E-state index contributed by atoms with van der Waals surface area (Å²) in [6.07, 6.45) is 1.83. The van der Waals surface area contributed by atoms with E-state index >= 15 is 0 Å². The van der Waals surface area contributed by atoms with E-state index in [0.717, 1.165) is 0 Å². The average Bonchev–Trinajstić information content (AvgIpc) is 2.48. The molecule has 0 bridgehead atoms. The van der Waals surface area contributed by atoms with Gasteiger partial charge in [0.15, 0.2) is 0 Å². The summed E-state index contributed by atoms with van der Waals surface area (Å²) in [5, 5.41) is 1.62. The lowest BCUT2D eigenvalue weighted by Crippen LogP contribution is -2.33. The van der Waals surface area contributed by atoms with Crippen LogP contribution >= 0.6 is 23.2 Å². The van der Waals surface area contributed by atoms with Crippen LogP contribution < -0.4 is 10.5 Å². The van der Waals surface area contributed by atoms with Gasteiger partial charge >= 0.3 is 0 Å². The molecule has 0 saturated heterocycles. The number of carbonyl (C=O) groups is 1. The summed E-state index contributed by atoms with van der Waals surface area (Å²) in [6.45, 7) is 1.66. The summed E-state index contributed by atoms with van der Waals surface area (Å²) in [6, 6.07) is 4.00. The fourth-order valence-electron chi connectivity index (χ4n) is 2.07. The molecule has 0 saturated carbocycles. The zero-order valence-electron chi connectivity index (χ0n) is 12.2. The summed E-state index contributed by atoms with van der Waals surface area (Å²) in [5.41, 5.74) is 5.06. The van der Waals surface area contributed by atoms with Crippen molar-refractivity contribution in [2.24, 2.45) is 5.73 Å². The summed E-state index contributed by atoms with van der Waals surface area (Å²) in [7, 11) is -3.76. The van der Waals surface area contributed by atoms with Gasteiger partial charge in [-0.25, -0.2) is 18.1 Å². The second-order valence-electron chi connectivity index (χ2n) is 5.13. The van der Waals surface area contributed by atoms with Gasteiger partial charge in [-0.3, -0.25) is 4.79 Å². The van der Waals surface area contributed by atoms with Crippen LogP contribution in [0.3, 0.4) is 0 Å². The third kappa shape index (κ3) is 4.32. The molecule has 1 amide bonds. The molecule has 1 heterocycles. The van der Waals surface area contributed by atoms with Crippen LogP contribution in [0.5, 0.6) is 0 Å². The molecule has 0 aliphatic rings. The molecule has 2 rings (SSSR count). The zero-order chi connectivity index (χ0) is 17.2. The Labute approximate surface area is 144 Å². The van der Waals surface area contributed by atoms with Gasteiger partial charge in [0, 0.05) is 29.4 Å². The number of fused-ring (bicyclic) bond motifs is 1. The molecule has 1 aromatic carbocycles. The Morgan fingerprint density at radius 2 is 2.04 bits per heavy atom. The van der Waals surface area contributed by atoms with E-state index in [9.17, 15) is 13.2 Å². The molecule has 124 valence electrons. The van der Waals surface area contributed by atoms with Gasteiger partial charge in [0.25, 0.3) is 0 Å². The second kappa shape index (κ2) is 7.00. The maximum absolute atomic E-state index is 12.4. The Morgan fingerprint density at radius 1 is 1.35 bits per heavy atom. The van der Waals surface area contributed by atoms with Gasteiger partial charge in [0.2, 0.25) is 15.9 Å². The minimum atomic E-state index is -3.76. The van der Waals surface area contributed by atoms with Crippen molar-refractivity contribution in [2.75, 3.05) is 0 Å². The Morgan fingerprint density at radius 3 is 2.70 bits per heavy atom. The van der Waals surface area contributed by atoms with Crippen molar-refractivity contribution in [2.45, 2.75) is 30.7 Å². The maximum Gasteiger partial charge on any atom is 0.240 e. The first-order chi connectivity index (χ1) is 10.7. The molecular weight excluding hydrogens is 361 g/mol. The van der Waals surface area contributed by atoms with E-state index in [1.54, 1.807) is 13.0 Å². The molecule has 2 aromatic rings. The number of pyridine rings is 1. The Hall–Kier alpha value is -1.41. The van der Waals surface area contributed by atoms with Crippen LogP contribution in [0.15, 0.2) is 29.3 Å². The molecule has 3 N–H and O–H groups in total. The van der Waals surface area contributed by atoms with Gasteiger partial charge in [-0.05, 0) is 25.5 Å². The number of carbonyl (C=O) groups excluding carboxylic acids is 1. The molecule has 0 unspecified atom stereocenters. The highest BCUT2D eigenvalue weighted by Crippen LogP contribution is 2.29. The first-order valence-electron chi connectivity index (χ1n) is 6.75. The number of halogens is 2. The minimum absolute atomic E-state index is 0.0434. The third-order valence-electron chi connectivity index (χ3n) is 3.25. The van der Waals surface area contributed by atoms with Gasteiger partial charge in [0.05, 0.1) is 9.92 Å². The zero-order valence-corrected chi connectivity index (χ0v) is 14.5. The molecule has 1 atom stereocenters. The molecule has 23 heavy (non-hydrogen) atoms. The van der Waals surface area contributed by atoms with Crippen LogP contribution in [-0.2, 0) is 14.8 Å². The first kappa shape index (κ1) is 17.9. The molecule has 1 aromatic heterocycles. The number of rotatable bonds is 6. The van der Waals surface area contributed by atoms with E-state index in [1.807, 2.05) is 0 Å². The normalized spacial score (nSPS) is 13.2. The molecule has 6 nitrogen and oxygen atoms in total. The highest BCUT2D eigenvalue weighted by Gasteiger charge is 2.19. The number of nitrogens with two attached hydrogens (primary N) is 1. The number of hydrogen-bond donors (Lipinski definition) is 2. The third-order valence-corrected chi connectivity index (χ3v) is 5.44. The lowest BCUT2D eigenvalue weighted by atomic mass is 10.2. The number of hydrogen-bond acceptors (Lipinski definition) is 4. The van der Waals surface area contributed by atoms with Crippen LogP contribution in [0.2, 0.25) is 10.2 Å². The second-order valence-corrected chi connectivity index (χ2v) is 7.61. The van der Waals surface area contributed by atoms with Crippen LogP contribution in [0, 0.1) is 0 Å². The topological polar surface area (TPSA) is 102 Å². The summed E-state index contributed by atoms with van der Waals surface area (Å²) in [5.74, 6) is -0.478. The van der Waals surface area contributed by atoms with Gasteiger partial charge in [-0.1, -0.05) is 29.3 Å². The lowest BCUT2D eigenvalue weighted by Gasteiger charge is -2.14.